The van der Waals surface area contributed by atoms with E-state index in [1.807, 2.05) is 35.2 Å². The topological polar surface area (TPSA) is 83.9 Å². The Kier molecular flexibility index (Phi) is 7.14. The number of fused-ring (bicyclic) bond motifs is 2. The summed E-state index contributed by atoms with van der Waals surface area (Å²) in [4.78, 5) is 45.4. The van der Waals surface area contributed by atoms with Crippen LogP contribution in [0.4, 0.5) is 4.39 Å². The Labute approximate surface area is 232 Å². The minimum absolute atomic E-state index is 0.0262. The third kappa shape index (κ3) is 4.90. The molecule has 1 aromatic heterocycles. The Morgan fingerprint density at radius 3 is 2.48 bits per heavy atom. The van der Waals surface area contributed by atoms with Gasteiger partial charge in [-0.25, -0.2) is 4.39 Å². The maximum Gasteiger partial charge on any atom is 0.276 e. The lowest BCUT2D eigenvalue weighted by atomic mass is 9.89. The Morgan fingerprint density at radius 2 is 1.77 bits per heavy atom. The quantitative estimate of drug-likeness (QED) is 0.488. The number of ether oxygens (including phenoxy) is 1. The molecule has 40 heavy (non-hydrogen) atoms. The van der Waals surface area contributed by atoms with Gasteiger partial charge in [0.25, 0.3) is 11.8 Å². The van der Waals surface area contributed by atoms with Gasteiger partial charge in [-0.3, -0.25) is 19.3 Å². The van der Waals surface area contributed by atoms with Crippen LogP contribution in [-0.2, 0) is 19.7 Å². The number of halogens is 1. The molecule has 3 heterocycles. The zero-order chi connectivity index (χ0) is 27.8. The molecule has 2 aromatic carbocycles. The zero-order valence-electron chi connectivity index (χ0n) is 22.5. The number of aromatic nitrogens is 1. The number of amides is 2. The van der Waals surface area contributed by atoms with E-state index in [0.717, 1.165) is 31.4 Å². The number of nitrogens with one attached hydrogen (secondary N) is 1. The maximum atomic E-state index is 14.1. The molecule has 9 heteroatoms. The Balaban J connectivity index is 1.37. The number of carbonyl (C=O) groups excluding carboxylic acids is 2. The summed E-state index contributed by atoms with van der Waals surface area (Å²) in [5, 5.41) is 2.77. The van der Waals surface area contributed by atoms with Crippen LogP contribution >= 0.6 is 0 Å². The predicted molar refractivity (Wildman–Crippen MR) is 147 cm³/mol. The Hall–Kier alpha value is -3.98. The van der Waals surface area contributed by atoms with Gasteiger partial charge in [0.15, 0.2) is 11.4 Å². The average Bonchev–Trinajstić information content (AvgIpc) is 2.93. The molecule has 1 saturated carbocycles. The number of rotatable bonds is 7. The van der Waals surface area contributed by atoms with Crippen molar-refractivity contribution in [1.82, 2.24) is 19.7 Å². The highest BCUT2D eigenvalue weighted by atomic mass is 19.1. The van der Waals surface area contributed by atoms with E-state index in [9.17, 15) is 18.8 Å². The van der Waals surface area contributed by atoms with Gasteiger partial charge in [-0.1, -0.05) is 48.9 Å². The lowest BCUT2D eigenvalue weighted by molar-refractivity contribution is -0.0662. The van der Waals surface area contributed by atoms with Crippen LogP contribution in [0.3, 0.4) is 0 Å². The molecule has 1 aliphatic carbocycles. The van der Waals surface area contributed by atoms with Gasteiger partial charge in [0.1, 0.15) is 24.2 Å². The maximum absolute atomic E-state index is 14.1. The number of benzene rings is 2. The zero-order valence-corrected chi connectivity index (χ0v) is 22.5. The molecule has 3 aromatic rings. The molecule has 0 unspecified atom stereocenters. The minimum atomic E-state index is -0.619. The van der Waals surface area contributed by atoms with Gasteiger partial charge >= 0.3 is 0 Å². The molecule has 2 atom stereocenters. The first kappa shape index (κ1) is 26.3. The molecule has 208 valence electrons. The largest absolute Gasteiger partial charge is 0.483 e. The van der Waals surface area contributed by atoms with Gasteiger partial charge in [0.2, 0.25) is 5.43 Å². The predicted octanol–water partition coefficient (Wildman–Crippen LogP) is 3.93. The minimum Gasteiger partial charge on any atom is -0.483 e. The lowest BCUT2D eigenvalue weighted by Crippen LogP contribution is -2.66. The molecule has 0 radical (unpaired) electrons. The molecule has 2 fully saturated rings. The fraction of sp³-hybridized carbons (Fsp3) is 0.387. The second-order valence-corrected chi connectivity index (χ2v) is 10.9. The number of pyridine rings is 1. The summed E-state index contributed by atoms with van der Waals surface area (Å²) in [6.07, 6.45) is 5.65. The van der Waals surface area contributed by atoms with Crippen molar-refractivity contribution in [2.24, 2.45) is 0 Å². The molecular formula is C31H33FN4O4. The van der Waals surface area contributed by atoms with Crippen LogP contribution < -0.4 is 15.5 Å². The molecule has 3 aliphatic rings. The van der Waals surface area contributed by atoms with Crippen molar-refractivity contribution in [3.05, 3.63) is 99.2 Å². The lowest BCUT2D eigenvalue weighted by Gasteiger charge is -2.54. The first-order valence-corrected chi connectivity index (χ1v) is 14.0. The van der Waals surface area contributed by atoms with E-state index in [2.05, 4.69) is 17.1 Å². The summed E-state index contributed by atoms with van der Waals surface area (Å²) < 4.78 is 21.1. The Morgan fingerprint density at radius 1 is 1.02 bits per heavy atom. The van der Waals surface area contributed by atoms with Crippen LogP contribution in [0.15, 0.2) is 65.6 Å². The van der Waals surface area contributed by atoms with Crippen molar-refractivity contribution in [2.45, 2.75) is 70.6 Å². The van der Waals surface area contributed by atoms with Crippen molar-refractivity contribution < 1.29 is 18.7 Å². The van der Waals surface area contributed by atoms with Gasteiger partial charge in [0.05, 0.1) is 6.54 Å². The second-order valence-electron chi connectivity index (χ2n) is 10.9. The van der Waals surface area contributed by atoms with Crippen LogP contribution in [0.1, 0.15) is 64.6 Å². The van der Waals surface area contributed by atoms with E-state index in [1.165, 1.54) is 24.8 Å². The molecule has 2 amide bonds. The van der Waals surface area contributed by atoms with Crippen molar-refractivity contribution >= 4 is 11.8 Å². The van der Waals surface area contributed by atoms with Gasteiger partial charge in [-0.05, 0) is 49.4 Å². The fourth-order valence-electron chi connectivity index (χ4n) is 5.96. The monoisotopic (exact) mass is 544 g/mol. The van der Waals surface area contributed by atoms with Crippen molar-refractivity contribution in [2.75, 3.05) is 6.54 Å². The van der Waals surface area contributed by atoms with Gasteiger partial charge in [-0.2, -0.15) is 0 Å². The first-order chi connectivity index (χ1) is 19.4. The second kappa shape index (κ2) is 10.9. The van der Waals surface area contributed by atoms with Gasteiger partial charge in [0, 0.05) is 31.4 Å². The van der Waals surface area contributed by atoms with Crippen LogP contribution in [-0.4, -0.2) is 51.0 Å². The first-order valence-electron chi connectivity index (χ1n) is 14.0. The molecule has 2 aliphatic heterocycles. The van der Waals surface area contributed by atoms with E-state index >= 15 is 0 Å². The van der Waals surface area contributed by atoms with Crippen LogP contribution in [0.25, 0.3) is 0 Å². The number of nitrogens with zero attached hydrogens (tertiary/aromatic N) is 3. The van der Waals surface area contributed by atoms with Crippen LogP contribution in [0, 0.1) is 5.82 Å². The normalized spacial score (nSPS) is 20.9. The summed E-state index contributed by atoms with van der Waals surface area (Å²) >= 11 is 0. The third-order valence-corrected chi connectivity index (χ3v) is 8.40. The molecule has 6 rings (SSSR count). The molecule has 1 saturated heterocycles. The van der Waals surface area contributed by atoms with E-state index in [1.54, 1.807) is 16.7 Å². The molecular weight excluding hydrogens is 511 g/mol. The SMILES string of the molecule is C[C@H]1CCN(C2CCC2)[C@@H]2Cn3cc(C(=O)NCc4ccc(F)cc4)c(=O)c(OCc4ccccc4)c3C(=O)N12. The van der Waals surface area contributed by atoms with E-state index in [-0.39, 0.29) is 54.1 Å². The number of hydrogen-bond donors (Lipinski definition) is 1. The summed E-state index contributed by atoms with van der Waals surface area (Å²) in [5.41, 5.74) is 1.02. The van der Waals surface area contributed by atoms with E-state index in [4.69, 9.17) is 4.74 Å². The molecule has 0 spiro atoms. The number of carbonyl (C=O) groups is 2. The summed E-state index contributed by atoms with van der Waals surface area (Å²) in [6.45, 7) is 3.63. The van der Waals surface area contributed by atoms with Crippen LogP contribution in [0.5, 0.6) is 5.75 Å². The smallest absolute Gasteiger partial charge is 0.276 e. The van der Waals surface area contributed by atoms with E-state index < -0.39 is 11.3 Å². The Bertz CT molecular complexity index is 1470. The standard InChI is InChI=1S/C31H33FN4O4/c1-20-14-15-35(24-8-5-9-24)26-18-34-17-25(30(38)33-16-21-10-12-23(32)13-11-21)28(37)29(27(34)31(39)36(20)26)40-19-22-6-3-2-4-7-22/h2-4,6-7,10-13,17,20,24,26H,5,8-9,14-16,18-19H2,1H3,(H,33,38)/t20-,26-/m0/s1. The van der Waals surface area contributed by atoms with Crippen LogP contribution in [0.2, 0.25) is 0 Å². The summed E-state index contributed by atoms with van der Waals surface area (Å²) in [6, 6.07) is 15.7. The highest BCUT2D eigenvalue weighted by Crippen LogP contribution is 2.36. The fourth-order valence-corrected chi connectivity index (χ4v) is 5.96. The summed E-state index contributed by atoms with van der Waals surface area (Å²) in [5.74, 6) is -1.28. The van der Waals surface area contributed by atoms with Gasteiger partial charge < -0.3 is 19.5 Å². The highest BCUT2D eigenvalue weighted by molar-refractivity contribution is 5.99. The molecule has 1 N–H and O–H groups in total. The van der Waals surface area contributed by atoms with E-state index in [0.29, 0.717) is 18.2 Å². The van der Waals surface area contributed by atoms with Crippen molar-refractivity contribution in [3.63, 3.8) is 0 Å². The molecule has 0 bridgehead atoms. The average molecular weight is 545 g/mol. The third-order valence-electron chi connectivity index (χ3n) is 8.40. The van der Waals surface area contributed by atoms with Crippen molar-refractivity contribution in [1.29, 1.82) is 0 Å². The van der Waals surface area contributed by atoms with Crippen molar-refractivity contribution in [3.8, 4) is 5.75 Å². The molecule has 8 nitrogen and oxygen atoms in total. The highest BCUT2D eigenvalue weighted by Gasteiger charge is 2.46. The number of hydrogen-bond acceptors (Lipinski definition) is 5. The van der Waals surface area contributed by atoms with Gasteiger partial charge in [-0.15, -0.1) is 0 Å². The summed E-state index contributed by atoms with van der Waals surface area (Å²) in [7, 11) is 0.